The summed E-state index contributed by atoms with van der Waals surface area (Å²) in [6, 6.07) is 9.81. The van der Waals surface area contributed by atoms with Gasteiger partial charge in [-0.1, -0.05) is 6.07 Å². The van der Waals surface area contributed by atoms with Gasteiger partial charge in [-0.3, -0.25) is 0 Å². The molecule has 30 heavy (non-hydrogen) atoms. The van der Waals surface area contributed by atoms with Crippen LogP contribution in [0.4, 0.5) is 10.5 Å². The molecule has 0 radical (unpaired) electrons. The zero-order valence-corrected chi connectivity index (χ0v) is 16.5. The monoisotopic (exact) mass is 410 g/mol. The van der Waals surface area contributed by atoms with Crippen molar-refractivity contribution in [2.45, 2.75) is 18.9 Å². The molecule has 9 heteroatoms. The molecule has 0 atom stereocenters. The van der Waals surface area contributed by atoms with E-state index >= 15 is 0 Å². The lowest BCUT2D eigenvalue weighted by molar-refractivity contribution is 0.0261. The molecule has 1 aliphatic heterocycles. The first-order chi connectivity index (χ1) is 14.6. The molecule has 156 valence electrons. The second-order valence-corrected chi connectivity index (χ2v) is 6.75. The second-order valence-electron chi connectivity index (χ2n) is 6.75. The Morgan fingerprint density at radius 2 is 2.00 bits per heavy atom. The van der Waals surface area contributed by atoms with Crippen molar-refractivity contribution < 1.29 is 23.7 Å². The fourth-order valence-electron chi connectivity index (χ4n) is 3.25. The Labute approximate surface area is 173 Å². The van der Waals surface area contributed by atoms with Crippen LogP contribution in [0.5, 0.6) is 23.1 Å². The Balaban J connectivity index is 1.71. The van der Waals surface area contributed by atoms with Gasteiger partial charge in [0, 0.05) is 36.7 Å². The number of ether oxygens (including phenoxy) is 4. The number of methoxy groups -OCH3 is 1. The smallest absolute Gasteiger partial charge is 0.316 e. The highest BCUT2D eigenvalue weighted by molar-refractivity contribution is 5.91. The van der Waals surface area contributed by atoms with Crippen molar-refractivity contribution in [1.29, 1.82) is 0 Å². The molecule has 0 saturated carbocycles. The number of nitrogens with one attached hydrogen (secondary N) is 1. The number of anilines is 1. The number of nitrogens with two attached hydrogens (primary N) is 1. The van der Waals surface area contributed by atoms with E-state index in [0.717, 1.165) is 12.8 Å². The van der Waals surface area contributed by atoms with Gasteiger partial charge in [-0.2, -0.15) is 0 Å². The molecule has 0 aliphatic carbocycles. The maximum atomic E-state index is 11.1. The lowest BCUT2D eigenvalue weighted by Crippen LogP contribution is -2.26. The van der Waals surface area contributed by atoms with Crippen molar-refractivity contribution in [3.8, 4) is 23.1 Å². The predicted octanol–water partition coefficient (Wildman–Crippen LogP) is 3.48. The standard InChI is InChI=1S/C21H22N4O5/c1-27-16-10-17-19(18(11-16)29-14-5-7-28-8-6-14)20(24-12-23-17)30-15-4-2-3-13(9-15)25-21(22)26/h2-4,9-12,14H,5-8H2,1H3,(H3,22,25,26). The molecule has 1 saturated heterocycles. The van der Waals surface area contributed by atoms with Crippen molar-refractivity contribution >= 4 is 22.6 Å². The Bertz CT molecular complexity index is 1050. The number of aromatic nitrogens is 2. The van der Waals surface area contributed by atoms with Crippen LogP contribution in [0.25, 0.3) is 10.9 Å². The first kappa shape index (κ1) is 19.7. The highest BCUT2D eigenvalue weighted by Gasteiger charge is 2.20. The summed E-state index contributed by atoms with van der Waals surface area (Å²) >= 11 is 0. The minimum atomic E-state index is -0.654. The van der Waals surface area contributed by atoms with E-state index in [1.807, 2.05) is 0 Å². The SMILES string of the molecule is COc1cc(OC2CCOCC2)c2c(Oc3cccc(NC(N)=O)c3)ncnc2c1. The van der Waals surface area contributed by atoms with E-state index in [0.29, 0.717) is 52.9 Å². The number of fused-ring (bicyclic) bond motifs is 1. The lowest BCUT2D eigenvalue weighted by Gasteiger charge is -2.24. The zero-order valence-electron chi connectivity index (χ0n) is 16.5. The van der Waals surface area contributed by atoms with Crippen molar-refractivity contribution in [3.05, 3.63) is 42.7 Å². The minimum absolute atomic E-state index is 0.0187. The Morgan fingerprint density at radius 1 is 1.17 bits per heavy atom. The molecule has 2 heterocycles. The summed E-state index contributed by atoms with van der Waals surface area (Å²) in [5.74, 6) is 2.02. The minimum Gasteiger partial charge on any atom is -0.497 e. The molecule has 2 amide bonds. The third-order valence-electron chi connectivity index (χ3n) is 4.65. The Morgan fingerprint density at radius 3 is 2.77 bits per heavy atom. The van der Waals surface area contributed by atoms with Gasteiger partial charge in [0.25, 0.3) is 0 Å². The molecule has 0 bridgehead atoms. The first-order valence-corrected chi connectivity index (χ1v) is 9.54. The summed E-state index contributed by atoms with van der Waals surface area (Å²) in [7, 11) is 1.59. The van der Waals surface area contributed by atoms with Crippen LogP contribution in [-0.2, 0) is 4.74 Å². The summed E-state index contributed by atoms with van der Waals surface area (Å²) in [6.07, 6.45) is 3.03. The van der Waals surface area contributed by atoms with E-state index in [-0.39, 0.29) is 6.10 Å². The average Bonchev–Trinajstić information content (AvgIpc) is 2.74. The molecule has 9 nitrogen and oxygen atoms in total. The number of amides is 2. The van der Waals surface area contributed by atoms with Crippen LogP contribution in [0.2, 0.25) is 0 Å². The predicted molar refractivity (Wildman–Crippen MR) is 110 cm³/mol. The fourth-order valence-corrected chi connectivity index (χ4v) is 3.25. The molecule has 0 spiro atoms. The summed E-state index contributed by atoms with van der Waals surface area (Å²) in [4.78, 5) is 19.8. The van der Waals surface area contributed by atoms with Crippen LogP contribution in [0, 0.1) is 0 Å². The van der Waals surface area contributed by atoms with Crippen LogP contribution >= 0.6 is 0 Å². The zero-order chi connectivity index (χ0) is 20.9. The molecule has 1 aromatic heterocycles. The van der Waals surface area contributed by atoms with Crippen LogP contribution < -0.4 is 25.3 Å². The van der Waals surface area contributed by atoms with Crippen molar-refractivity contribution in [2.24, 2.45) is 5.73 Å². The van der Waals surface area contributed by atoms with Gasteiger partial charge in [0.2, 0.25) is 5.88 Å². The van der Waals surface area contributed by atoms with Gasteiger partial charge in [0.15, 0.2) is 0 Å². The number of carbonyl (C=O) groups is 1. The quantitative estimate of drug-likeness (QED) is 0.639. The van der Waals surface area contributed by atoms with Gasteiger partial charge < -0.3 is 30.0 Å². The normalized spacial score (nSPS) is 14.3. The van der Waals surface area contributed by atoms with Gasteiger partial charge in [-0.15, -0.1) is 0 Å². The number of hydrogen-bond donors (Lipinski definition) is 2. The first-order valence-electron chi connectivity index (χ1n) is 9.54. The van der Waals surface area contributed by atoms with Gasteiger partial charge in [-0.25, -0.2) is 14.8 Å². The number of carbonyl (C=O) groups excluding carboxylic acids is 1. The van der Waals surface area contributed by atoms with Gasteiger partial charge in [0.1, 0.15) is 35.1 Å². The van der Waals surface area contributed by atoms with Gasteiger partial charge in [0.05, 0.1) is 25.8 Å². The van der Waals surface area contributed by atoms with Gasteiger partial charge >= 0.3 is 6.03 Å². The Kier molecular flexibility index (Phi) is 5.80. The van der Waals surface area contributed by atoms with Crippen LogP contribution in [0.3, 0.4) is 0 Å². The molecule has 0 unspecified atom stereocenters. The number of urea groups is 1. The summed E-state index contributed by atoms with van der Waals surface area (Å²) < 4.78 is 23.1. The molecule has 1 fully saturated rings. The lowest BCUT2D eigenvalue weighted by atomic mass is 10.1. The second kappa shape index (κ2) is 8.83. The number of benzene rings is 2. The average molecular weight is 410 g/mol. The number of nitrogens with zero attached hydrogens (tertiary/aromatic N) is 2. The maximum Gasteiger partial charge on any atom is 0.316 e. The largest absolute Gasteiger partial charge is 0.497 e. The number of primary amides is 1. The van der Waals surface area contributed by atoms with E-state index in [1.54, 1.807) is 43.5 Å². The highest BCUT2D eigenvalue weighted by atomic mass is 16.5. The molecule has 3 N–H and O–H groups in total. The van der Waals surface area contributed by atoms with Crippen molar-refractivity contribution in [1.82, 2.24) is 9.97 Å². The molecular weight excluding hydrogens is 388 g/mol. The van der Waals surface area contributed by atoms with E-state index in [2.05, 4.69) is 15.3 Å². The summed E-state index contributed by atoms with van der Waals surface area (Å²) in [6.45, 7) is 1.32. The molecule has 3 aromatic rings. The van der Waals surface area contributed by atoms with Crippen molar-refractivity contribution in [2.75, 3.05) is 25.6 Å². The molecular formula is C21H22N4O5. The van der Waals surface area contributed by atoms with Crippen LogP contribution in [0.15, 0.2) is 42.7 Å². The molecule has 4 rings (SSSR count). The number of hydrogen-bond acceptors (Lipinski definition) is 7. The maximum absolute atomic E-state index is 11.1. The van der Waals surface area contributed by atoms with Crippen LogP contribution in [0.1, 0.15) is 12.8 Å². The van der Waals surface area contributed by atoms with E-state index in [9.17, 15) is 4.79 Å². The van der Waals surface area contributed by atoms with Gasteiger partial charge in [-0.05, 0) is 12.1 Å². The highest BCUT2D eigenvalue weighted by Crippen LogP contribution is 2.38. The summed E-state index contributed by atoms with van der Waals surface area (Å²) in [5, 5.41) is 3.16. The topological polar surface area (TPSA) is 118 Å². The van der Waals surface area contributed by atoms with E-state index in [4.69, 9.17) is 24.7 Å². The van der Waals surface area contributed by atoms with E-state index in [1.165, 1.54) is 6.33 Å². The third kappa shape index (κ3) is 4.52. The Hall–Kier alpha value is -3.59. The molecule has 2 aromatic carbocycles. The van der Waals surface area contributed by atoms with Crippen LogP contribution in [-0.4, -0.2) is 42.4 Å². The molecule has 1 aliphatic rings. The van der Waals surface area contributed by atoms with Crippen molar-refractivity contribution in [3.63, 3.8) is 0 Å². The van der Waals surface area contributed by atoms with E-state index < -0.39 is 6.03 Å². The summed E-state index contributed by atoms with van der Waals surface area (Å²) in [5.41, 5.74) is 6.33. The fraction of sp³-hybridized carbons (Fsp3) is 0.286. The third-order valence-corrected chi connectivity index (χ3v) is 4.65. The number of rotatable bonds is 6.